The van der Waals surface area contributed by atoms with E-state index < -0.39 is 0 Å². The number of carbonyl (C=O) groups is 1. The third-order valence-corrected chi connectivity index (χ3v) is 4.76. The quantitative estimate of drug-likeness (QED) is 0.821. The Morgan fingerprint density at radius 3 is 2.73 bits per heavy atom. The van der Waals surface area contributed by atoms with Gasteiger partial charge >= 0.3 is 0 Å². The van der Waals surface area contributed by atoms with E-state index in [1.54, 1.807) is 6.07 Å². The molecule has 1 aromatic carbocycles. The molecule has 1 aliphatic rings. The molecular formula is C16H23Cl3N2O. The number of hydrogen-bond acceptors (Lipinski definition) is 2. The Labute approximate surface area is 148 Å². The van der Waals surface area contributed by atoms with Gasteiger partial charge in [0.15, 0.2) is 0 Å². The fraction of sp³-hybridized carbons (Fsp3) is 0.562. The van der Waals surface area contributed by atoms with Gasteiger partial charge in [-0.15, -0.1) is 12.4 Å². The molecule has 0 spiro atoms. The number of halogens is 3. The van der Waals surface area contributed by atoms with Gasteiger partial charge in [0.05, 0.1) is 10.0 Å². The van der Waals surface area contributed by atoms with Gasteiger partial charge in [0, 0.05) is 19.5 Å². The third kappa shape index (κ3) is 5.62. The van der Waals surface area contributed by atoms with Crippen molar-refractivity contribution in [2.24, 2.45) is 5.92 Å². The van der Waals surface area contributed by atoms with E-state index >= 15 is 0 Å². The summed E-state index contributed by atoms with van der Waals surface area (Å²) in [6, 6.07) is 5.54. The molecule has 0 bridgehead atoms. The third-order valence-electron chi connectivity index (χ3n) is 4.02. The van der Waals surface area contributed by atoms with Crippen molar-refractivity contribution in [1.82, 2.24) is 10.2 Å². The van der Waals surface area contributed by atoms with E-state index in [4.69, 9.17) is 23.2 Å². The molecule has 0 saturated carbocycles. The molecule has 124 valence electrons. The molecule has 1 atom stereocenters. The zero-order valence-corrected chi connectivity index (χ0v) is 15.1. The molecular weight excluding hydrogens is 343 g/mol. The van der Waals surface area contributed by atoms with E-state index in [0.717, 1.165) is 25.1 Å². The Kier molecular flexibility index (Phi) is 8.55. The predicted octanol–water partition coefficient (Wildman–Crippen LogP) is 4.15. The lowest BCUT2D eigenvalue weighted by molar-refractivity contribution is -0.131. The fourth-order valence-corrected chi connectivity index (χ4v) is 3.00. The van der Waals surface area contributed by atoms with E-state index in [-0.39, 0.29) is 18.3 Å². The van der Waals surface area contributed by atoms with Gasteiger partial charge in [-0.2, -0.15) is 0 Å². The Morgan fingerprint density at radius 1 is 1.36 bits per heavy atom. The van der Waals surface area contributed by atoms with Gasteiger partial charge in [0.2, 0.25) is 5.91 Å². The van der Waals surface area contributed by atoms with E-state index in [1.165, 1.54) is 6.42 Å². The minimum Gasteiger partial charge on any atom is -0.339 e. The van der Waals surface area contributed by atoms with E-state index in [0.29, 0.717) is 35.5 Å². The first-order valence-corrected chi connectivity index (χ1v) is 8.28. The highest BCUT2D eigenvalue weighted by molar-refractivity contribution is 6.42. The lowest BCUT2D eigenvalue weighted by Crippen LogP contribution is -2.30. The summed E-state index contributed by atoms with van der Waals surface area (Å²) in [5.74, 6) is 0.869. The average molecular weight is 366 g/mol. The lowest BCUT2D eigenvalue weighted by Gasteiger charge is -2.22. The molecule has 0 radical (unpaired) electrons. The van der Waals surface area contributed by atoms with Crippen molar-refractivity contribution in [2.75, 3.05) is 19.6 Å². The number of nitrogens with one attached hydrogen (secondary N) is 1. The normalized spacial score (nSPS) is 17.1. The van der Waals surface area contributed by atoms with Crippen LogP contribution < -0.4 is 5.32 Å². The molecule has 2 rings (SSSR count). The van der Waals surface area contributed by atoms with Crippen LogP contribution in [0.2, 0.25) is 10.0 Å². The Morgan fingerprint density at radius 2 is 2.14 bits per heavy atom. The molecule has 1 heterocycles. The van der Waals surface area contributed by atoms with Crippen LogP contribution in [-0.4, -0.2) is 30.4 Å². The summed E-state index contributed by atoms with van der Waals surface area (Å²) >= 11 is 11.9. The first-order valence-electron chi connectivity index (χ1n) is 7.52. The summed E-state index contributed by atoms with van der Waals surface area (Å²) < 4.78 is 0. The number of amides is 1. The maximum Gasteiger partial charge on any atom is 0.222 e. The molecule has 1 fully saturated rings. The van der Waals surface area contributed by atoms with Gasteiger partial charge in [-0.1, -0.05) is 29.3 Å². The molecule has 3 nitrogen and oxygen atoms in total. The van der Waals surface area contributed by atoms with Crippen LogP contribution in [0.5, 0.6) is 0 Å². The van der Waals surface area contributed by atoms with Crippen LogP contribution in [0.1, 0.15) is 31.7 Å². The van der Waals surface area contributed by atoms with Crippen molar-refractivity contribution in [3.63, 3.8) is 0 Å². The molecule has 0 aliphatic carbocycles. The average Bonchev–Trinajstić information content (AvgIpc) is 2.99. The first-order chi connectivity index (χ1) is 10.1. The molecule has 1 aliphatic heterocycles. The van der Waals surface area contributed by atoms with Gasteiger partial charge in [0.1, 0.15) is 0 Å². The van der Waals surface area contributed by atoms with Gasteiger partial charge in [-0.05, 0) is 56.5 Å². The van der Waals surface area contributed by atoms with Crippen LogP contribution in [0, 0.1) is 5.92 Å². The van der Waals surface area contributed by atoms with Crippen LogP contribution in [0.4, 0.5) is 0 Å². The lowest BCUT2D eigenvalue weighted by atomic mass is 10.0. The van der Waals surface area contributed by atoms with Crippen molar-refractivity contribution < 1.29 is 4.79 Å². The summed E-state index contributed by atoms with van der Waals surface area (Å²) in [7, 11) is 0. The van der Waals surface area contributed by atoms with Crippen LogP contribution in [0.15, 0.2) is 18.2 Å². The van der Waals surface area contributed by atoms with Crippen molar-refractivity contribution in [3.05, 3.63) is 33.8 Å². The fourth-order valence-electron chi connectivity index (χ4n) is 2.68. The van der Waals surface area contributed by atoms with Gasteiger partial charge < -0.3 is 10.2 Å². The summed E-state index contributed by atoms with van der Waals surface area (Å²) in [5, 5.41) is 4.42. The van der Waals surface area contributed by atoms with Crippen LogP contribution in [-0.2, 0) is 11.3 Å². The minimum atomic E-state index is 0. The smallest absolute Gasteiger partial charge is 0.222 e. The SMILES string of the molecule is CCN(Cc1ccc(Cl)c(Cl)c1)C(=O)CCC1CCNC1.Cl. The maximum atomic E-state index is 12.3. The van der Waals surface area contributed by atoms with Crippen LogP contribution in [0.3, 0.4) is 0 Å². The van der Waals surface area contributed by atoms with Crippen LogP contribution >= 0.6 is 35.6 Å². The number of benzene rings is 1. The minimum absolute atomic E-state index is 0. The van der Waals surface area contributed by atoms with E-state index in [2.05, 4.69) is 5.32 Å². The molecule has 22 heavy (non-hydrogen) atoms. The highest BCUT2D eigenvalue weighted by atomic mass is 35.5. The van der Waals surface area contributed by atoms with Gasteiger partial charge in [-0.3, -0.25) is 4.79 Å². The molecule has 1 N–H and O–H groups in total. The Balaban J connectivity index is 0.00000242. The molecule has 0 aromatic heterocycles. The highest BCUT2D eigenvalue weighted by Crippen LogP contribution is 2.23. The summed E-state index contributed by atoms with van der Waals surface area (Å²) in [6.45, 7) is 5.44. The monoisotopic (exact) mass is 364 g/mol. The van der Waals surface area contributed by atoms with Crippen molar-refractivity contribution in [3.8, 4) is 0 Å². The molecule has 6 heteroatoms. The number of rotatable bonds is 6. The second kappa shape index (κ2) is 9.61. The molecule has 1 unspecified atom stereocenters. The number of nitrogens with zero attached hydrogens (tertiary/aromatic N) is 1. The highest BCUT2D eigenvalue weighted by Gasteiger charge is 2.18. The maximum absolute atomic E-state index is 12.3. The Bertz CT molecular complexity index is 490. The largest absolute Gasteiger partial charge is 0.339 e. The summed E-state index contributed by atoms with van der Waals surface area (Å²) in [4.78, 5) is 14.2. The van der Waals surface area contributed by atoms with Crippen molar-refractivity contribution >= 4 is 41.5 Å². The van der Waals surface area contributed by atoms with Crippen molar-refractivity contribution in [1.29, 1.82) is 0 Å². The van der Waals surface area contributed by atoms with Gasteiger partial charge in [-0.25, -0.2) is 0 Å². The van der Waals surface area contributed by atoms with Crippen LogP contribution in [0.25, 0.3) is 0 Å². The standard InChI is InChI=1S/C16H22Cl2N2O.ClH/c1-2-20(11-13-3-5-14(17)15(18)9-13)16(21)6-4-12-7-8-19-10-12;/h3,5,9,12,19H,2,4,6-8,10-11H2,1H3;1H. The molecule has 1 saturated heterocycles. The second-order valence-corrected chi connectivity index (χ2v) is 6.37. The predicted molar refractivity (Wildman–Crippen MR) is 95.0 cm³/mol. The summed E-state index contributed by atoms with van der Waals surface area (Å²) in [5.41, 5.74) is 1.02. The summed E-state index contributed by atoms with van der Waals surface area (Å²) in [6.07, 6.45) is 2.79. The van der Waals surface area contributed by atoms with Gasteiger partial charge in [0.25, 0.3) is 0 Å². The second-order valence-electron chi connectivity index (χ2n) is 5.55. The number of carbonyl (C=O) groups excluding carboxylic acids is 1. The number of hydrogen-bond donors (Lipinski definition) is 1. The Hall–Kier alpha value is -0.480. The zero-order valence-electron chi connectivity index (χ0n) is 12.8. The van der Waals surface area contributed by atoms with E-state index in [1.807, 2.05) is 24.0 Å². The molecule has 1 amide bonds. The van der Waals surface area contributed by atoms with Crippen molar-refractivity contribution in [2.45, 2.75) is 32.7 Å². The first kappa shape index (κ1) is 19.6. The molecule has 1 aromatic rings. The van der Waals surface area contributed by atoms with E-state index in [9.17, 15) is 4.79 Å². The zero-order chi connectivity index (χ0) is 15.2. The topological polar surface area (TPSA) is 32.3 Å².